The van der Waals surface area contributed by atoms with Gasteiger partial charge in [-0.2, -0.15) is 0 Å². The summed E-state index contributed by atoms with van der Waals surface area (Å²) in [4.78, 5) is 29.2. The predicted octanol–water partition coefficient (Wildman–Crippen LogP) is 0.948. The average Bonchev–Trinajstić information content (AvgIpc) is 2.88. The standard InChI is InChI=1S/C12H19N3O4S/c1-3-9-6-13-10(20-9)7-14-12(18)15(4-5-19-2)8-11(16)17/h6H,3-5,7-8H2,1-2H3,(H,14,18)(H,16,17). The largest absolute Gasteiger partial charge is 0.480 e. The number of hydrogen-bond donors (Lipinski definition) is 2. The molecule has 0 unspecified atom stereocenters. The van der Waals surface area contributed by atoms with Crippen molar-refractivity contribution >= 4 is 23.3 Å². The van der Waals surface area contributed by atoms with Gasteiger partial charge in [-0.15, -0.1) is 11.3 Å². The Hall–Kier alpha value is -1.67. The van der Waals surface area contributed by atoms with Crippen LogP contribution in [0.5, 0.6) is 0 Å². The zero-order chi connectivity index (χ0) is 15.0. The maximum Gasteiger partial charge on any atom is 0.323 e. The maximum atomic E-state index is 11.9. The van der Waals surface area contributed by atoms with E-state index in [1.807, 2.05) is 6.92 Å². The molecular formula is C12H19N3O4S. The van der Waals surface area contributed by atoms with Gasteiger partial charge in [0.1, 0.15) is 11.6 Å². The van der Waals surface area contributed by atoms with E-state index in [4.69, 9.17) is 9.84 Å². The molecule has 0 aromatic carbocycles. The van der Waals surface area contributed by atoms with Crippen molar-refractivity contribution in [3.05, 3.63) is 16.1 Å². The lowest BCUT2D eigenvalue weighted by atomic mass is 10.4. The minimum absolute atomic E-state index is 0.229. The Bertz CT molecular complexity index is 450. The smallest absolute Gasteiger partial charge is 0.323 e. The molecule has 0 fully saturated rings. The first kappa shape index (κ1) is 16.4. The number of carbonyl (C=O) groups is 2. The van der Waals surface area contributed by atoms with Crippen LogP contribution in [-0.2, 0) is 22.5 Å². The Kier molecular flexibility index (Phi) is 6.96. The van der Waals surface area contributed by atoms with Crippen LogP contribution in [-0.4, -0.2) is 53.8 Å². The van der Waals surface area contributed by atoms with Gasteiger partial charge in [-0.05, 0) is 6.42 Å². The van der Waals surface area contributed by atoms with Gasteiger partial charge in [0.2, 0.25) is 0 Å². The van der Waals surface area contributed by atoms with Crippen molar-refractivity contribution in [2.45, 2.75) is 19.9 Å². The van der Waals surface area contributed by atoms with Gasteiger partial charge in [0.25, 0.3) is 0 Å². The van der Waals surface area contributed by atoms with Gasteiger partial charge in [-0.25, -0.2) is 9.78 Å². The molecule has 1 aromatic rings. The fourth-order valence-electron chi connectivity index (χ4n) is 1.47. The number of methoxy groups -OCH3 is 1. The quantitative estimate of drug-likeness (QED) is 0.746. The molecule has 20 heavy (non-hydrogen) atoms. The molecule has 7 nitrogen and oxygen atoms in total. The predicted molar refractivity (Wildman–Crippen MR) is 74.8 cm³/mol. The summed E-state index contributed by atoms with van der Waals surface area (Å²) in [6.45, 7) is 2.50. The molecule has 2 N–H and O–H groups in total. The number of carboxylic acids is 1. The van der Waals surface area contributed by atoms with Crippen molar-refractivity contribution in [1.82, 2.24) is 15.2 Å². The molecule has 0 bridgehead atoms. The van der Waals surface area contributed by atoms with E-state index in [0.29, 0.717) is 6.54 Å². The number of hydrogen-bond acceptors (Lipinski definition) is 5. The lowest BCUT2D eigenvalue weighted by Gasteiger charge is -2.20. The number of nitrogens with zero attached hydrogens (tertiary/aromatic N) is 2. The molecule has 1 rings (SSSR count). The van der Waals surface area contributed by atoms with Crippen LogP contribution >= 0.6 is 11.3 Å². The average molecular weight is 301 g/mol. The van der Waals surface area contributed by atoms with Crippen LogP contribution in [0, 0.1) is 0 Å². The lowest BCUT2D eigenvalue weighted by molar-refractivity contribution is -0.137. The number of thiazole rings is 1. The summed E-state index contributed by atoms with van der Waals surface area (Å²) in [7, 11) is 1.50. The Morgan fingerprint density at radius 1 is 1.55 bits per heavy atom. The first-order valence-electron chi connectivity index (χ1n) is 6.23. The van der Waals surface area contributed by atoms with E-state index < -0.39 is 12.0 Å². The first-order chi connectivity index (χ1) is 9.56. The molecule has 1 aromatic heterocycles. The minimum atomic E-state index is -1.06. The van der Waals surface area contributed by atoms with Crippen molar-refractivity contribution in [1.29, 1.82) is 0 Å². The van der Waals surface area contributed by atoms with Gasteiger partial charge in [0, 0.05) is 24.7 Å². The van der Waals surface area contributed by atoms with Crippen molar-refractivity contribution in [2.24, 2.45) is 0 Å². The van der Waals surface area contributed by atoms with E-state index >= 15 is 0 Å². The third-order valence-corrected chi connectivity index (χ3v) is 3.66. The molecule has 0 aliphatic heterocycles. The van der Waals surface area contributed by atoms with Crippen molar-refractivity contribution in [2.75, 3.05) is 26.8 Å². The Morgan fingerprint density at radius 3 is 2.85 bits per heavy atom. The van der Waals surface area contributed by atoms with E-state index in [1.54, 1.807) is 6.20 Å². The van der Waals surface area contributed by atoms with E-state index in [2.05, 4.69) is 10.3 Å². The third-order valence-electron chi connectivity index (χ3n) is 2.52. The lowest BCUT2D eigenvalue weighted by Crippen LogP contribution is -2.44. The third kappa shape index (κ3) is 5.54. The number of carboxylic acid groups (broad SMARTS) is 1. The summed E-state index contributed by atoms with van der Waals surface area (Å²) < 4.78 is 4.86. The Morgan fingerprint density at radius 2 is 2.30 bits per heavy atom. The number of aryl methyl sites for hydroxylation is 1. The van der Waals surface area contributed by atoms with E-state index in [-0.39, 0.29) is 19.7 Å². The first-order valence-corrected chi connectivity index (χ1v) is 7.05. The molecule has 0 spiro atoms. The SMILES string of the molecule is CCc1cnc(CNC(=O)N(CCOC)CC(=O)O)s1. The summed E-state index contributed by atoms with van der Waals surface area (Å²) in [5, 5.41) is 12.2. The van der Waals surface area contributed by atoms with Gasteiger partial charge in [0.15, 0.2) is 0 Å². The van der Waals surface area contributed by atoms with E-state index in [1.165, 1.54) is 23.3 Å². The number of rotatable bonds is 8. The summed E-state index contributed by atoms with van der Waals surface area (Å²) in [6.07, 6.45) is 2.69. The van der Waals surface area contributed by atoms with E-state index in [0.717, 1.165) is 16.3 Å². The minimum Gasteiger partial charge on any atom is -0.480 e. The molecule has 0 radical (unpaired) electrons. The summed E-state index contributed by atoms with van der Waals surface area (Å²) in [6, 6.07) is -0.433. The van der Waals surface area contributed by atoms with Crippen molar-refractivity contribution in [3.63, 3.8) is 0 Å². The number of nitrogens with one attached hydrogen (secondary N) is 1. The van der Waals surface area contributed by atoms with Crippen LogP contribution < -0.4 is 5.32 Å². The Balaban J connectivity index is 2.49. The molecule has 112 valence electrons. The molecule has 0 aliphatic rings. The summed E-state index contributed by atoms with van der Waals surface area (Å²) >= 11 is 1.53. The van der Waals surface area contributed by atoms with Gasteiger partial charge in [0.05, 0.1) is 13.2 Å². The Labute approximate surface area is 121 Å². The second-order valence-corrected chi connectivity index (χ2v) is 5.24. The number of aromatic nitrogens is 1. The fourth-order valence-corrected chi connectivity index (χ4v) is 2.28. The molecular weight excluding hydrogens is 282 g/mol. The molecule has 0 atom stereocenters. The van der Waals surface area contributed by atoms with E-state index in [9.17, 15) is 9.59 Å². The molecule has 8 heteroatoms. The highest BCUT2D eigenvalue weighted by Crippen LogP contribution is 2.12. The topological polar surface area (TPSA) is 91.8 Å². The highest BCUT2D eigenvalue weighted by atomic mass is 32.1. The normalized spacial score (nSPS) is 10.3. The summed E-state index contributed by atoms with van der Waals surface area (Å²) in [5.74, 6) is -1.06. The van der Waals surface area contributed by atoms with Crippen LogP contribution in [0.3, 0.4) is 0 Å². The summed E-state index contributed by atoms with van der Waals surface area (Å²) in [5.41, 5.74) is 0. The number of aliphatic carboxylic acids is 1. The van der Waals surface area contributed by atoms with Gasteiger partial charge >= 0.3 is 12.0 Å². The maximum absolute atomic E-state index is 11.9. The number of amides is 2. The number of carbonyl (C=O) groups excluding carboxylic acids is 1. The molecule has 0 saturated carbocycles. The fraction of sp³-hybridized carbons (Fsp3) is 0.583. The number of urea groups is 1. The molecule has 1 heterocycles. The van der Waals surface area contributed by atoms with Crippen LogP contribution in [0.2, 0.25) is 0 Å². The second-order valence-electron chi connectivity index (χ2n) is 4.04. The van der Waals surface area contributed by atoms with Gasteiger partial charge in [-0.3, -0.25) is 4.79 Å². The molecule has 0 saturated heterocycles. The van der Waals surface area contributed by atoms with Gasteiger partial charge in [-0.1, -0.05) is 6.92 Å². The molecule has 0 aliphatic carbocycles. The van der Waals surface area contributed by atoms with Crippen molar-refractivity contribution < 1.29 is 19.4 Å². The monoisotopic (exact) mass is 301 g/mol. The highest BCUT2D eigenvalue weighted by Gasteiger charge is 2.16. The number of ether oxygens (including phenoxy) is 1. The van der Waals surface area contributed by atoms with Crippen LogP contribution in [0.1, 0.15) is 16.8 Å². The van der Waals surface area contributed by atoms with Crippen LogP contribution in [0.25, 0.3) is 0 Å². The zero-order valence-electron chi connectivity index (χ0n) is 11.6. The second kappa shape index (κ2) is 8.49. The molecule has 2 amide bonds. The van der Waals surface area contributed by atoms with Crippen molar-refractivity contribution in [3.8, 4) is 0 Å². The highest BCUT2D eigenvalue weighted by molar-refractivity contribution is 7.11. The van der Waals surface area contributed by atoms with Gasteiger partial charge < -0.3 is 20.1 Å². The van der Waals surface area contributed by atoms with Crippen LogP contribution in [0.15, 0.2) is 6.20 Å². The van der Waals surface area contributed by atoms with Crippen LogP contribution in [0.4, 0.5) is 4.79 Å². The zero-order valence-corrected chi connectivity index (χ0v) is 12.4.